The third-order valence-electron chi connectivity index (χ3n) is 5.24. The molecule has 140 valence electrons. The average Bonchev–Trinajstić information content (AvgIpc) is 3.01. The molecule has 1 aliphatic rings. The van der Waals surface area contributed by atoms with Crippen LogP contribution in [-0.4, -0.2) is 15.5 Å². The molecule has 0 bridgehead atoms. The number of benzene rings is 1. The van der Waals surface area contributed by atoms with E-state index < -0.39 is 0 Å². The number of nitrogens with one attached hydrogen (secondary N) is 1. The Morgan fingerprint density at radius 1 is 1.33 bits per heavy atom. The van der Waals surface area contributed by atoms with E-state index in [0.29, 0.717) is 18.3 Å². The summed E-state index contributed by atoms with van der Waals surface area (Å²) in [7, 11) is 0. The molecule has 27 heavy (non-hydrogen) atoms. The maximum Gasteiger partial charge on any atom is 0.263 e. The van der Waals surface area contributed by atoms with Crippen molar-refractivity contribution >= 4 is 27.5 Å². The van der Waals surface area contributed by atoms with Crippen molar-refractivity contribution in [1.29, 1.82) is 0 Å². The van der Waals surface area contributed by atoms with Gasteiger partial charge in [-0.15, -0.1) is 11.3 Å². The Hall–Kier alpha value is -2.47. The number of amides is 1. The summed E-state index contributed by atoms with van der Waals surface area (Å²) in [6.45, 7) is 4.50. The second-order valence-electron chi connectivity index (χ2n) is 7.34. The number of thiophene rings is 1. The van der Waals surface area contributed by atoms with Crippen LogP contribution in [0.1, 0.15) is 35.2 Å². The third kappa shape index (κ3) is 3.54. The van der Waals surface area contributed by atoms with E-state index in [1.54, 1.807) is 18.3 Å². The molecule has 4 rings (SSSR count). The monoisotopic (exact) mass is 381 g/mol. The molecule has 0 saturated heterocycles. The van der Waals surface area contributed by atoms with Gasteiger partial charge in [0.05, 0.1) is 5.39 Å². The summed E-state index contributed by atoms with van der Waals surface area (Å²) in [4.78, 5) is 32.3. The summed E-state index contributed by atoms with van der Waals surface area (Å²) in [5.74, 6) is 1.06. The molecule has 1 unspecified atom stereocenters. The zero-order chi connectivity index (χ0) is 19.0. The molecule has 1 amide bonds. The number of aromatic nitrogens is 2. The molecule has 3 aromatic rings. The fourth-order valence-corrected chi connectivity index (χ4v) is 5.13. The number of carbonyl (C=O) groups excluding carboxylic acids is 1. The van der Waals surface area contributed by atoms with Crippen LogP contribution in [-0.2, 0) is 30.7 Å². The molecule has 1 aromatic carbocycles. The predicted octanol–water partition coefficient (Wildman–Crippen LogP) is 3.21. The third-order valence-corrected chi connectivity index (χ3v) is 6.39. The smallest absolute Gasteiger partial charge is 0.263 e. The molecule has 0 spiro atoms. The van der Waals surface area contributed by atoms with Crippen molar-refractivity contribution in [1.82, 2.24) is 14.9 Å². The lowest BCUT2D eigenvalue weighted by Gasteiger charge is -2.17. The van der Waals surface area contributed by atoms with Crippen molar-refractivity contribution in [3.63, 3.8) is 0 Å². The van der Waals surface area contributed by atoms with Gasteiger partial charge in [-0.05, 0) is 43.2 Å². The second-order valence-corrected chi connectivity index (χ2v) is 8.43. The van der Waals surface area contributed by atoms with Gasteiger partial charge in [0.25, 0.3) is 5.56 Å². The minimum atomic E-state index is -0.178. The van der Waals surface area contributed by atoms with Crippen molar-refractivity contribution in [3.05, 3.63) is 62.5 Å². The lowest BCUT2D eigenvalue weighted by Crippen LogP contribution is -2.33. The summed E-state index contributed by atoms with van der Waals surface area (Å²) in [5.41, 5.74) is 2.10. The van der Waals surface area contributed by atoms with Crippen LogP contribution in [0.5, 0.6) is 0 Å². The van der Waals surface area contributed by atoms with Crippen LogP contribution in [0.4, 0.5) is 0 Å². The van der Waals surface area contributed by atoms with Crippen molar-refractivity contribution < 1.29 is 4.79 Å². The van der Waals surface area contributed by atoms with Gasteiger partial charge in [-0.25, -0.2) is 4.98 Å². The van der Waals surface area contributed by atoms with Gasteiger partial charge < -0.3 is 5.32 Å². The number of hydrogen-bond acceptors (Lipinski definition) is 4. The van der Waals surface area contributed by atoms with Crippen LogP contribution < -0.4 is 10.9 Å². The van der Waals surface area contributed by atoms with Gasteiger partial charge in [-0.1, -0.05) is 37.3 Å². The molecule has 1 atom stereocenters. The van der Waals surface area contributed by atoms with Crippen molar-refractivity contribution in [3.8, 4) is 0 Å². The molecular formula is C21H23N3O2S. The van der Waals surface area contributed by atoms with Crippen LogP contribution in [0.25, 0.3) is 10.2 Å². The highest BCUT2D eigenvalue weighted by atomic mass is 32.1. The first-order valence-corrected chi connectivity index (χ1v) is 10.2. The normalized spacial score (nSPS) is 16.3. The van der Waals surface area contributed by atoms with Crippen molar-refractivity contribution in [2.45, 2.75) is 46.2 Å². The number of rotatable bonds is 4. The van der Waals surface area contributed by atoms with Crippen LogP contribution in [0.15, 0.2) is 35.1 Å². The van der Waals surface area contributed by atoms with Gasteiger partial charge in [-0.3, -0.25) is 14.2 Å². The summed E-state index contributed by atoms with van der Waals surface area (Å²) in [6, 6.07) is 9.74. The quantitative estimate of drug-likeness (QED) is 0.755. The number of fused-ring (bicyclic) bond motifs is 3. The Bertz CT molecular complexity index is 1050. The SMILES string of the molecule is Cc1nc2sc3c(c2c(=O)n1CC(=O)NCc1ccccc1)CCC(C)C3. The largest absolute Gasteiger partial charge is 0.350 e. The predicted molar refractivity (Wildman–Crippen MR) is 108 cm³/mol. The van der Waals surface area contributed by atoms with E-state index in [9.17, 15) is 9.59 Å². The summed E-state index contributed by atoms with van der Waals surface area (Å²) in [5, 5.41) is 3.61. The first kappa shape index (κ1) is 17.9. The summed E-state index contributed by atoms with van der Waals surface area (Å²) >= 11 is 1.64. The minimum Gasteiger partial charge on any atom is -0.350 e. The van der Waals surface area contributed by atoms with E-state index in [-0.39, 0.29) is 18.0 Å². The Kier molecular flexibility index (Phi) is 4.83. The molecular weight excluding hydrogens is 358 g/mol. The maximum absolute atomic E-state index is 13.1. The lowest BCUT2D eigenvalue weighted by atomic mass is 9.89. The van der Waals surface area contributed by atoms with Gasteiger partial charge in [0, 0.05) is 11.4 Å². The van der Waals surface area contributed by atoms with Gasteiger partial charge in [-0.2, -0.15) is 0 Å². The van der Waals surface area contributed by atoms with E-state index >= 15 is 0 Å². The van der Waals surface area contributed by atoms with Crippen LogP contribution in [0, 0.1) is 12.8 Å². The number of aryl methyl sites for hydroxylation is 2. The zero-order valence-corrected chi connectivity index (χ0v) is 16.4. The molecule has 1 N–H and O–H groups in total. The Labute approximate surface area is 162 Å². The molecule has 0 radical (unpaired) electrons. The number of hydrogen-bond donors (Lipinski definition) is 1. The standard InChI is InChI=1S/C21H23N3O2S/c1-13-8-9-16-17(10-13)27-20-19(16)21(26)24(14(2)23-20)12-18(25)22-11-15-6-4-3-5-7-15/h3-7,13H,8-12H2,1-2H3,(H,22,25). The van der Waals surface area contributed by atoms with Gasteiger partial charge in [0.15, 0.2) is 0 Å². The van der Waals surface area contributed by atoms with Gasteiger partial charge in [0.2, 0.25) is 5.91 Å². The van der Waals surface area contributed by atoms with E-state index in [1.165, 1.54) is 9.44 Å². The topological polar surface area (TPSA) is 64.0 Å². The van der Waals surface area contributed by atoms with Gasteiger partial charge in [0.1, 0.15) is 17.2 Å². The average molecular weight is 382 g/mol. The highest BCUT2D eigenvalue weighted by molar-refractivity contribution is 7.18. The highest BCUT2D eigenvalue weighted by Gasteiger charge is 2.24. The molecule has 0 saturated carbocycles. The molecule has 6 heteroatoms. The Morgan fingerprint density at radius 2 is 2.11 bits per heavy atom. The maximum atomic E-state index is 13.1. The second kappa shape index (κ2) is 7.27. The Morgan fingerprint density at radius 3 is 2.89 bits per heavy atom. The van der Waals surface area contributed by atoms with E-state index in [2.05, 4.69) is 17.2 Å². The van der Waals surface area contributed by atoms with E-state index in [0.717, 1.165) is 40.6 Å². The van der Waals surface area contributed by atoms with E-state index in [1.807, 2.05) is 30.3 Å². The first-order chi connectivity index (χ1) is 13.0. The lowest BCUT2D eigenvalue weighted by molar-refractivity contribution is -0.121. The number of carbonyl (C=O) groups is 1. The van der Waals surface area contributed by atoms with Crippen molar-refractivity contribution in [2.24, 2.45) is 5.92 Å². The van der Waals surface area contributed by atoms with Crippen LogP contribution in [0.2, 0.25) is 0 Å². The molecule has 2 aromatic heterocycles. The number of nitrogens with zero attached hydrogens (tertiary/aromatic N) is 2. The molecule has 0 aliphatic heterocycles. The minimum absolute atomic E-state index is 0.00145. The van der Waals surface area contributed by atoms with Gasteiger partial charge >= 0.3 is 0 Å². The first-order valence-electron chi connectivity index (χ1n) is 9.35. The molecule has 5 nitrogen and oxygen atoms in total. The van der Waals surface area contributed by atoms with Crippen molar-refractivity contribution in [2.75, 3.05) is 0 Å². The molecule has 2 heterocycles. The summed E-state index contributed by atoms with van der Waals surface area (Å²) in [6.07, 6.45) is 3.05. The Balaban J connectivity index is 1.60. The molecule has 0 fully saturated rings. The zero-order valence-electron chi connectivity index (χ0n) is 15.6. The fourth-order valence-electron chi connectivity index (χ4n) is 3.71. The summed E-state index contributed by atoms with van der Waals surface area (Å²) < 4.78 is 1.51. The van der Waals surface area contributed by atoms with Crippen LogP contribution in [0.3, 0.4) is 0 Å². The highest BCUT2D eigenvalue weighted by Crippen LogP contribution is 2.35. The molecule has 1 aliphatic carbocycles. The fraction of sp³-hybridized carbons (Fsp3) is 0.381. The van der Waals surface area contributed by atoms with Crippen LogP contribution >= 0.6 is 11.3 Å². The van der Waals surface area contributed by atoms with E-state index in [4.69, 9.17) is 0 Å².